The lowest BCUT2D eigenvalue weighted by molar-refractivity contribution is 0.667. The first-order valence-corrected chi connectivity index (χ1v) is 7.79. The van der Waals surface area contributed by atoms with Gasteiger partial charge in [0.2, 0.25) is 0 Å². The van der Waals surface area contributed by atoms with Gasteiger partial charge in [0.1, 0.15) is 5.82 Å². The van der Waals surface area contributed by atoms with E-state index in [2.05, 4.69) is 49.4 Å². The van der Waals surface area contributed by atoms with Gasteiger partial charge in [0.25, 0.3) is 0 Å². The largest absolute Gasteiger partial charge is 0.308 e. The predicted octanol–water partition coefficient (Wildman–Crippen LogP) is 3.39. The molecule has 3 nitrogen and oxygen atoms in total. The molecule has 1 heterocycles. The SMILES string of the molecule is Cc1cc(CNC2CC2)nc(Cc2cccc(Br)c2)n1. The lowest BCUT2D eigenvalue weighted by atomic mass is 10.1. The van der Waals surface area contributed by atoms with Crippen molar-refractivity contribution in [2.24, 2.45) is 0 Å². The minimum Gasteiger partial charge on any atom is -0.308 e. The number of rotatable bonds is 5. The van der Waals surface area contributed by atoms with Crippen molar-refractivity contribution in [3.63, 3.8) is 0 Å². The Labute approximate surface area is 128 Å². The van der Waals surface area contributed by atoms with E-state index >= 15 is 0 Å². The first kappa shape index (κ1) is 13.7. The van der Waals surface area contributed by atoms with Crippen LogP contribution < -0.4 is 5.32 Å². The van der Waals surface area contributed by atoms with E-state index in [0.29, 0.717) is 6.04 Å². The van der Waals surface area contributed by atoms with Gasteiger partial charge in [-0.05, 0) is 43.5 Å². The number of aromatic nitrogens is 2. The summed E-state index contributed by atoms with van der Waals surface area (Å²) < 4.78 is 1.10. The van der Waals surface area contributed by atoms with Crippen LogP contribution in [-0.2, 0) is 13.0 Å². The van der Waals surface area contributed by atoms with E-state index in [0.717, 1.165) is 34.7 Å². The maximum absolute atomic E-state index is 4.67. The van der Waals surface area contributed by atoms with Crippen molar-refractivity contribution in [2.75, 3.05) is 0 Å². The molecule has 0 bridgehead atoms. The van der Waals surface area contributed by atoms with Crippen LogP contribution in [0, 0.1) is 6.92 Å². The topological polar surface area (TPSA) is 37.8 Å². The molecule has 1 aliphatic carbocycles. The molecule has 0 spiro atoms. The molecule has 1 N–H and O–H groups in total. The normalized spacial score (nSPS) is 14.5. The summed E-state index contributed by atoms with van der Waals surface area (Å²) in [6.45, 7) is 2.88. The van der Waals surface area contributed by atoms with E-state index in [4.69, 9.17) is 0 Å². The number of nitrogens with one attached hydrogen (secondary N) is 1. The smallest absolute Gasteiger partial charge is 0.133 e. The van der Waals surface area contributed by atoms with Gasteiger partial charge in [-0.2, -0.15) is 0 Å². The van der Waals surface area contributed by atoms with Crippen LogP contribution in [0.5, 0.6) is 0 Å². The molecular formula is C16H18BrN3. The van der Waals surface area contributed by atoms with Crippen LogP contribution in [-0.4, -0.2) is 16.0 Å². The summed E-state index contributed by atoms with van der Waals surface area (Å²) in [6.07, 6.45) is 3.38. The molecule has 0 amide bonds. The third-order valence-corrected chi connectivity index (χ3v) is 3.85. The first-order valence-electron chi connectivity index (χ1n) is 7.00. The predicted molar refractivity (Wildman–Crippen MR) is 83.6 cm³/mol. The van der Waals surface area contributed by atoms with E-state index < -0.39 is 0 Å². The quantitative estimate of drug-likeness (QED) is 0.912. The summed E-state index contributed by atoms with van der Waals surface area (Å²) in [7, 11) is 0. The van der Waals surface area contributed by atoms with Gasteiger partial charge in [-0.1, -0.05) is 28.1 Å². The summed E-state index contributed by atoms with van der Waals surface area (Å²) in [5, 5.41) is 3.50. The van der Waals surface area contributed by atoms with Crippen molar-refractivity contribution in [2.45, 2.75) is 38.8 Å². The van der Waals surface area contributed by atoms with Crippen LogP contribution in [0.4, 0.5) is 0 Å². The highest BCUT2D eigenvalue weighted by Crippen LogP contribution is 2.19. The second-order valence-electron chi connectivity index (χ2n) is 5.38. The number of hydrogen-bond acceptors (Lipinski definition) is 3. The van der Waals surface area contributed by atoms with Crippen LogP contribution in [0.15, 0.2) is 34.8 Å². The molecule has 20 heavy (non-hydrogen) atoms. The van der Waals surface area contributed by atoms with Gasteiger partial charge in [0, 0.05) is 29.2 Å². The summed E-state index contributed by atoms with van der Waals surface area (Å²) in [6, 6.07) is 11.1. The molecule has 0 unspecified atom stereocenters. The third-order valence-electron chi connectivity index (χ3n) is 3.35. The van der Waals surface area contributed by atoms with Gasteiger partial charge in [0.15, 0.2) is 0 Å². The van der Waals surface area contributed by atoms with E-state index in [9.17, 15) is 0 Å². The molecule has 0 saturated heterocycles. The highest BCUT2D eigenvalue weighted by molar-refractivity contribution is 9.10. The van der Waals surface area contributed by atoms with Crippen molar-refractivity contribution in [3.05, 3.63) is 57.6 Å². The van der Waals surface area contributed by atoms with Gasteiger partial charge in [-0.25, -0.2) is 9.97 Å². The van der Waals surface area contributed by atoms with Gasteiger partial charge >= 0.3 is 0 Å². The first-order chi connectivity index (χ1) is 9.69. The summed E-state index contributed by atoms with van der Waals surface area (Å²) in [4.78, 5) is 9.22. The number of hydrogen-bond donors (Lipinski definition) is 1. The van der Waals surface area contributed by atoms with Crippen LogP contribution in [0.3, 0.4) is 0 Å². The Morgan fingerprint density at radius 3 is 2.85 bits per heavy atom. The number of benzene rings is 1. The minimum atomic E-state index is 0.707. The van der Waals surface area contributed by atoms with E-state index in [1.165, 1.54) is 18.4 Å². The highest BCUT2D eigenvalue weighted by Gasteiger charge is 2.20. The maximum atomic E-state index is 4.67. The Kier molecular flexibility index (Phi) is 4.13. The highest BCUT2D eigenvalue weighted by atomic mass is 79.9. The number of aryl methyl sites for hydroxylation is 1. The van der Waals surface area contributed by atoms with E-state index in [1.54, 1.807) is 0 Å². The van der Waals surface area contributed by atoms with Crippen LogP contribution in [0.1, 0.15) is 35.6 Å². The van der Waals surface area contributed by atoms with Crippen molar-refractivity contribution in [1.29, 1.82) is 0 Å². The van der Waals surface area contributed by atoms with Crippen molar-refractivity contribution in [1.82, 2.24) is 15.3 Å². The second-order valence-corrected chi connectivity index (χ2v) is 6.29. The summed E-state index contributed by atoms with van der Waals surface area (Å²) in [5.41, 5.74) is 3.36. The zero-order valence-corrected chi connectivity index (χ0v) is 13.2. The molecule has 4 heteroatoms. The lowest BCUT2D eigenvalue weighted by Gasteiger charge is -2.07. The third kappa shape index (κ3) is 3.87. The average molecular weight is 332 g/mol. The molecule has 1 saturated carbocycles. The molecule has 3 rings (SSSR count). The molecular weight excluding hydrogens is 314 g/mol. The van der Waals surface area contributed by atoms with Crippen LogP contribution in [0.25, 0.3) is 0 Å². The van der Waals surface area contributed by atoms with Gasteiger partial charge < -0.3 is 5.32 Å². The maximum Gasteiger partial charge on any atom is 0.133 e. The zero-order valence-electron chi connectivity index (χ0n) is 11.6. The van der Waals surface area contributed by atoms with Crippen LogP contribution in [0.2, 0.25) is 0 Å². The van der Waals surface area contributed by atoms with Crippen molar-refractivity contribution >= 4 is 15.9 Å². The Hall–Kier alpha value is -1.26. The molecule has 1 aromatic heterocycles. The van der Waals surface area contributed by atoms with E-state index in [-0.39, 0.29) is 0 Å². The second kappa shape index (κ2) is 6.02. The number of nitrogens with zero attached hydrogens (tertiary/aromatic N) is 2. The fraction of sp³-hybridized carbons (Fsp3) is 0.375. The van der Waals surface area contributed by atoms with Gasteiger partial charge in [-0.3, -0.25) is 0 Å². The molecule has 0 atom stereocenters. The van der Waals surface area contributed by atoms with E-state index in [1.807, 2.05) is 19.1 Å². The monoisotopic (exact) mass is 331 g/mol. The fourth-order valence-corrected chi connectivity index (χ4v) is 2.68. The van der Waals surface area contributed by atoms with Gasteiger partial charge in [-0.15, -0.1) is 0 Å². The molecule has 1 fully saturated rings. The Morgan fingerprint density at radius 1 is 1.25 bits per heavy atom. The van der Waals surface area contributed by atoms with Crippen LogP contribution >= 0.6 is 15.9 Å². The summed E-state index contributed by atoms with van der Waals surface area (Å²) in [5.74, 6) is 0.899. The number of halogens is 1. The Morgan fingerprint density at radius 2 is 2.10 bits per heavy atom. The molecule has 0 radical (unpaired) electrons. The van der Waals surface area contributed by atoms with Crippen molar-refractivity contribution < 1.29 is 0 Å². The molecule has 1 aromatic carbocycles. The zero-order chi connectivity index (χ0) is 13.9. The fourth-order valence-electron chi connectivity index (χ4n) is 2.24. The molecule has 2 aromatic rings. The van der Waals surface area contributed by atoms with Crippen molar-refractivity contribution in [3.8, 4) is 0 Å². The summed E-state index contributed by atoms with van der Waals surface area (Å²) >= 11 is 3.50. The lowest BCUT2D eigenvalue weighted by Crippen LogP contribution is -2.17. The molecule has 0 aliphatic heterocycles. The minimum absolute atomic E-state index is 0.707. The average Bonchev–Trinajstić information content (AvgIpc) is 3.20. The molecule has 104 valence electrons. The Balaban J connectivity index is 1.74. The standard InChI is InChI=1S/C16H18BrN3/c1-11-7-15(10-18-14-5-6-14)20-16(19-11)9-12-3-2-4-13(17)8-12/h2-4,7-8,14,18H,5-6,9-10H2,1H3. The Bertz CT molecular complexity index is 608. The van der Waals surface area contributed by atoms with Gasteiger partial charge in [0.05, 0.1) is 5.69 Å². The molecule has 1 aliphatic rings.